The van der Waals surface area contributed by atoms with Crippen LogP contribution in [0, 0.1) is 0 Å². The van der Waals surface area contributed by atoms with E-state index < -0.39 is 0 Å². The molecule has 0 fully saturated rings. The summed E-state index contributed by atoms with van der Waals surface area (Å²) in [7, 11) is 0. The first-order chi connectivity index (χ1) is 10.5. The summed E-state index contributed by atoms with van der Waals surface area (Å²) in [5, 5.41) is 5.79. The standard InChI is InChI=1S/C18H24N2O2/c1-13(16-9-6-10-17(12-16)20-14(2)21)19-18(22)11-15-7-4-3-5-8-15/h6-7,9-10,12-13H,3-5,8,11H2,1-2H3,(H,19,22)(H,20,21)/t13-/m1/s1. The van der Waals surface area contributed by atoms with Crippen molar-refractivity contribution in [3.05, 3.63) is 41.5 Å². The number of amides is 2. The number of carbonyl (C=O) groups excluding carboxylic acids is 2. The predicted molar refractivity (Wildman–Crippen MR) is 88.5 cm³/mol. The Bertz CT molecular complexity index is 578. The molecule has 1 aromatic carbocycles. The van der Waals surface area contributed by atoms with E-state index >= 15 is 0 Å². The Morgan fingerprint density at radius 1 is 1.27 bits per heavy atom. The third-order valence-electron chi connectivity index (χ3n) is 3.86. The minimum atomic E-state index is -0.0990. The number of allylic oxidation sites excluding steroid dienone is 1. The van der Waals surface area contributed by atoms with Crippen LogP contribution >= 0.6 is 0 Å². The Morgan fingerprint density at radius 3 is 2.77 bits per heavy atom. The van der Waals surface area contributed by atoms with E-state index in [2.05, 4.69) is 16.7 Å². The number of hydrogen-bond donors (Lipinski definition) is 2. The van der Waals surface area contributed by atoms with Gasteiger partial charge in [-0.2, -0.15) is 0 Å². The van der Waals surface area contributed by atoms with Gasteiger partial charge in [-0.25, -0.2) is 0 Å². The van der Waals surface area contributed by atoms with Crippen LogP contribution in [0.15, 0.2) is 35.9 Å². The first-order valence-corrected chi connectivity index (χ1v) is 7.89. The molecule has 0 aromatic heterocycles. The van der Waals surface area contributed by atoms with Gasteiger partial charge in [-0.1, -0.05) is 23.8 Å². The van der Waals surface area contributed by atoms with Crippen LogP contribution in [0.2, 0.25) is 0 Å². The van der Waals surface area contributed by atoms with Gasteiger partial charge in [0.2, 0.25) is 11.8 Å². The minimum Gasteiger partial charge on any atom is -0.349 e. The van der Waals surface area contributed by atoms with Crippen LogP contribution in [0.5, 0.6) is 0 Å². The lowest BCUT2D eigenvalue weighted by Gasteiger charge is -2.17. The van der Waals surface area contributed by atoms with Crippen LogP contribution in [-0.2, 0) is 9.59 Å². The smallest absolute Gasteiger partial charge is 0.224 e. The maximum Gasteiger partial charge on any atom is 0.224 e. The van der Waals surface area contributed by atoms with E-state index in [0.717, 1.165) is 24.1 Å². The van der Waals surface area contributed by atoms with Gasteiger partial charge in [0.15, 0.2) is 0 Å². The highest BCUT2D eigenvalue weighted by molar-refractivity contribution is 5.88. The molecule has 0 heterocycles. The van der Waals surface area contributed by atoms with Crippen LogP contribution in [0.25, 0.3) is 0 Å². The topological polar surface area (TPSA) is 58.2 Å². The van der Waals surface area contributed by atoms with Crippen molar-refractivity contribution in [2.45, 2.75) is 52.0 Å². The summed E-state index contributed by atoms with van der Waals surface area (Å²) < 4.78 is 0. The largest absolute Gasteiger partial charge is 0.349 e. The molecule has 2 N–H and O–H groups in total. The number of carbonyl (C=O) groups is 2. The fraction of sp³-hybridized carbons (Fsp3) is 0.444. The normalized spacial score (nSPS) is 15.6. The quantitative estimate of drug-likeness (QED) is 0.814. The van der Waals surface area contributed by atoms with Gasteiger partial charge >= 0.3 is 0 Å². The molecule has 4 nitrogen and oxygen atoms in total. The zero-order chi connectivity index (χ0) is 15.9. The summed E-state index contributed by atoms with van der Waals surface area (Å²) >= 11 is 0. The maximum absolute atomic E-state index is 12.1. The zero-order valence-corrected chi connectivity index (χ0v) is 13.3. The Morgan fingerprint density at radius 2 is 2.09 bits per heavy atom. The summed E-state index contributed by atoms with van der Waals surface area (Å²) in [6.07, 6.45) is 7.25. The van der Waals surface area contributed by atoms with Crippen LogP contribution < -0.4 is 10.6 Å². The van der Waals surface area contributed by atoms with Gasteiger partial charge in [0.05, 0.1) is 6.04 Å². The van der Waals surface area contributed by atoms with Crippen molar-refractivity contribution >= 4 is 17.5 Å². The van der Waals surface area contributed by atoms with Gasteiger partial charge in [-0.05, 0) is 50.3 Å². The Hall–Kier alpha value is -2.10. The molecule has 1 atom stereocenters. The van der Waals surface area contributed by atoms with Gasteiger partial charge in [-0.3, -0.25) is 9.59 Å². The summed E-state index contributed by atoms with van der Waals surface area (Å²) in [4.78, 5) is 23.2. The fourth-order valence-corrected chi connectivity index (χ4v) is 2.74. The first kappa shape index (κ1) is 16.3. The Labute approximate surface area is 132 Å². The lowest BCUT2D eigenvalue weighted by Crippen LogP contribution is -2.27. The molecule has 0 radical (unpaired) electrons. The second-order valence-electron chi connectivity index (χ2n) is 5.88. The Kier molecular flexibility index (Phi) is 5.75. The average Bonchev–Trinajstić information content (AvgIpc) is 2.47. The van der Waals surface area contributed by atoms with E-state index in [1.165, 1.54) is 25.3 Å². The van der Waals surface area contributed by atoms with Gasteiger partial charge in [0.1, 0.15) is 0 Å². The molecule has 0 aliphatic heterocycles. The van der Waals surface area contributed by atoms with Crippen molar-refractivity contribution in [1.29, 1.82) is 0 Å². The van der Waals surface area contributed by atoms with E-state index in [4.69, 9.17) is 0 Å². The van der Waals surface area contributed by atoms with Crippen molar-refractivity contribution in [1.82, 2.24) is 5.32 Å². The van der Waals surface area contributed by atoms with Crippen LogP contribution in [0.1, 0.15) is 57.6 Å². The molecule has 0 saturated heterocycles. The molecule has 2 amide bonds. The molecule has 4 heteroatoms. The lowest BCUT2D eigenvalue weighted by atomic mass is 9.97. The molecular weight excluding hydrogens is 276 g/mol. The van der Waals surface area contributed by atoms with E-state index in [9.17, 15) is 9.59 Å². The van der Waals surface area contributed by atoms with Crippen LogP contribution in [0.3, 0.4) is 0 Å². The van der Waals surface area contributed by atoms with Crippen LogP contribution in [0.4, 0.5) is 5.69 Å². The maximum atomic E-state index is 12.1. The molecule has 22 heavy (non-hydrogen) atoms. The highest BCUT2D eigenvalue weighted by Gasteiger charge is 2.13. The van der Waals surface area contributed by atoms with Crippen molar-refractivity contribution in [2.24, 2.45) is 0 Å². The highest BCUT2D eigenvalue weighted by atomic mass is 16.2. The second-order valence-corrected chi connectivity index (χ2v) is 5.88. The van der Waals surface area contributed by atoms with Crippen molar-refractivity contribution in [3.8, 4) is 0 Å². The third-order valence-corrected chi connectivity index (χ3v) is 3.86. The molecule has 0 unspecified atom stereocenters. The van der Waals surface area contributed by atoms with Crippen molar-refractivity contribution < 1.29 is 9.59 Å². The molecule has 0 saturated carbocycles. The molecule has 0 bridgehead atoms. The lowest BCUT2D eigenvalue weighted by molar-refractivity contribution is -0.121. The van der Waals surface area contributed by atoms with Gasteiger partial charge in [0, 0.05) is 19.0 Å². The van der Waals surface area contributed by atoms with Gasteiger partial charge < -0.3 is 10.6 Å². The van der Waals surface area contributed by atoms with E-state index in [0.29, 0.717) is 6.42 Å². The summed E-state index contributed by atoms with van der Waals surface area (Å²) in [5.41, 5.74) is 2.99. The number of rotatable bonds is 5. The Balaban J connectivity index is 1.93. The van der Waals surface area contributed by atoms with E-state index in [1.807, 2.05) is 31.2 Å². The molecule has 1 aromatic rings. The van der Waals surface area contributed by atoms with Crippen LogP contribution in [-0.4, -0.2) is 11.8 Å². The van der Waals surface area contributed by atoms with Crippen molar-refractivity contribution in [2.75, 3.05) is 5.32 Å². The van der Waals surface area contributed by atoms with E-state index in [1.54, 1.807) is 0 Å². The third kappa shape index (κ3) is 5.02. The molecule has 0 spiro atoms. The molecule has 1 aliphatic carbocycles. The summed E-state index contributed by atoms with van der Waals surface area (Å²) in [5.74, 6) is -0.0383. The number of nitrogens with one attached hydrogen (secondary N) is 2. The molecule has 118 valence electrons. The van der Waals surface area contributed by atoms with Crippen molar-refractivity contribution in [3.63, 3.8) is 0 Å². The molecule has 1 aliphatic rings. The fourth-order valence-electron chi connectivity index (χ4n) is 2.74. The summed E-state index contributed by atoms with van der Waals surface area (Å²) in [6, 6.07) is 7.49. The predicted octanol–water partition coefficient (Wildman–Crippen LogP) is 3.71. The molecule has 2 rings (SSSR count). The number of anilines is 1. The zero-order valence-electron chi connectivity index (χ0n) is 13.3. The SMILES string of the molecule is CC(=O)Nc1cccc([C@@H](C)NC(=O)CC2=CCCCC2)c1. The molecular formula is C18H24N2O2. The minimum absolute atomic E-state index is 0.0607. The van der Waals surface area contributed by atoms with E-state index in [-0.39, 0.29) is 17.9 Å². The second kappa shape index (κ2) is 7.78. The summed E-state index contributed by atoms with van der Waals surface area (Å²) in [6.45, 7) is 3.44. The average molecular weight is 300 g/mol. The number of benzene rings is 1. The number of hydrogen-bond acceptors (Lipinski definition) is 2. The van der Waals surface area contributed by atoms with Gasteiger partial charge in [-0.15, -0.1) is 0 Å². The van der Waals surface area contributed by atoms with Gasteiger partial charge in [0.25, 0.3) is 0 Å². The monoisotopic (exact) mass is 300 g/mol. The highest BCUT2D eigenvalue weighted by Crippen LogP contribution is 2.21. The first-order valence-electron chi connectivity index (χ1n) is 7.89.